The summed E-state index contributed by atoms with van der Waals surface area (Å²) in [5, 5.41) is 6.28. The zero-order valence-electron chi connectivity index (χ0n) is 12.8. The Morgan fingerprint density at radius 3 is 2.88 bits per heavy atom. The molecular formula is C17H14F2N2O3. The molecule has 0 saturated carbocycles. The normalized spacial score (nSPS) is 16.3. The summed E-state index contributed by atoms with van der Waals surface area (Å²) in [6.45, 7) is 0. The van der Waals surface area contributed by atoms with Crippen molar-refractivity contribution in [3.8, 4) is 5.75 Å². The lowest BCUT2D eigenvalue weighted by molar-refractivity contribution is -0.125. The first-order valence-electron chi connectivity index (χ1n) is 7.20. The van der Waals surface area contributed by atoms with Crippen LogP contribution in [0.25, 0.3) is 0 Å². The van der Waals surface area contributed by atoms with E-state index in [0.29, 0.717) is 17.5 Å². The molecule has 0 bridgehead atoms. The molecule has 0 saturated heterocycles. The summed E-state index contributed by atoms with van der Waals surface area (Å²) in [5.41, 5.74) is 1.26. The van der Waals surface area contributed by atoms with Gasteiger partial charge in [-0.3, -0.25) is 4.79 Å². The first-order chi connectivity index (χ1) is 11.6. The minimum absolute atomic E-state index is 0.111. The maximum atomic E-state index is 13.6. The molecule has 1 amide bonds. The van der Waals surface area contributed by atoms with Gasteiger partial charge >= 0.3 is 0 Å². The van der Waals surface area contributed by atoms with Crippen molar-refractivity contribution in [1.82, 2.24) is 0 Å². The van der Waals surface area contributed by atoms with Crippen molar-refractivity contribution in [3.63, 3.8) is 0 Å². The van der Waals surface area contributed by atoms with Gasteiger partial charge in [-0.1, -0.05) is 17.3 Å². The van der Waals surface area contributed by atoms with E-state index in [-0.39, 0.29) is 12.1 Å². The number of nitrogens with zero attached hydrogens (tertiary/aromatic N) is 1. The van der Waals surface area contributed by atoms with Gasteiger partial charge in [0.25, 0.3) is 5.91 Å². The number of hydrogen-bond donors (Lipinski definition) is 1. The Bertz CT molecular complexity index is 808. The molecule has 3 rings (SSSR count). The molecule has 1 atom stereocenters. The van der Waals surface area contributed by atoms with Crippen LogP contribution in [0.1, 0.15) is 12.0 Å². The summed E-state index contributed by atoms with van der Waals surface area (Å²) in [7, 11) is 1.56. The van der Waals surface area contributed by atoms with Crippen molar-refractivity contribution < 1.29 is 23.1 Å². The molecule has 0 spiro atoms. The number of oxime groups is 1. The van der Waals surface area contributed by atoms with Gasteiger partial charge in [-0.25, -0.2) is 8.78 Å². The maximum Gasteiger partial charge on any atom is 0.268 e. The fourth-order valence-electron chi connectivity index (χ4n) is 2.30. The third-order valence-electron chi connectivity index (χ3n) is 3.55. The predicted molar refractivity (Wildman–Crippen MR) is 84.0 cm³/mol. The molecule has 0 aliphatic carbocycles. The minimum Gasteiger partial charge on any atom is -0.497 e. The van der Waals surface area contributed by atoms with E-state index >= 15 is 0 Å². The minimum atomic E-state index is -0.879. The van der Waals surface area contributed by atoms with Crippen LogP contribution in [0.4, 0.5) is 14.5 Å². The van der Waals surface area contributed by atoms with Crippen molar-refractivity contribution in [3.05, 3.63) is 59.7 Å². The Hall–Kier alpha value is -2.96. The number of carbonyl (C=O) groups is 1. The average molecular weight is 332 g/mol. The van der Waals surface area contributed by atoms with E-state index in [0.717, 1.165) is 17.7 Å². The van der Waals surface area contributed by atoms with E-state index in [1.54, 1.807) is 25.3 Å². The van der Waals surface area contributed by atoms with E-state index in [4.69, 9.17) is 9.57 Å². The van der Waals surface area contributed by atoms with Crippen LogP contribution in [0, 0.1) is 11.6 Å². The SMILES string of the molecule is COc1cccc(C2=NO[C@@H](C(=O)Nc3ccc(F)cc3F)C2)c1. The lowest BCUT2D eigenvalue weighted by Gasteiger charge is -2.10. The highest BCUT2D eigenvalue weighted by atomic mass is 19.1. The molecule has 24 heavy (non-hydrogen) atoms. The van der Waals surface area contributed by atoms with E-state index in [1.165, 1.54) is 0 Å². The van der Waals surface area contributed by atoms with Gasteiger partial charge in [0.2, 0.25) is 6.10 Å². The van der Waals surface area contributed by atoms with Gasteiger partial charge in [-0.05, 0) is 24.3 Å². The second-order valence-corrected chi connectivity index (χ2v) is 5.18. The van der Waals surface area contributed by atoms with Crippen LogP contribution >= 0.6 is 0 Å². The number of nitrogens with one attached hydrogen (secondary N) is 1. The van der Waals surface area contributed by atoms with Crippen molar-refractivity contribution >= 4 is 17.3 Å². The molecule has 0 aromatic heterocycles. The molecule has 2 aromatic carbocycles. The average Bonchev–Trinajstić information content (AvgIpc) is 3.07. The number of carbonyl (C=O) groups excluding carboxylic acids is 1. The predicted octanol–water partition coefficient (Wildman–Crippen LogP) is 3.11. The van der Waals surface area contributed by atoms with Crippen molar-refractivity contribution in [2.75, 3.05) is 12.4 Å². The van der Waals surface area contributed by atoms with E-state index < -0.39 is 23.6 Å². The van der Waals surface area contributed by atoms with Crippen LogP contribution < -0.4 is 10.1 Å². The van der Waals surface area contributed by atoms with Crippen LogP contribution in [0.15, 0.2) is 47.6 Å². The zero-order chi connectivity index (χ0) is 17.1. The highest BCUT2D eigenvalue weighted by Crippen LogP contribution is 2.22. The molecule has 0 radical (unpaired) electrons. The number of rotatable bonds is 4. The van der Waals surface area contributed by atoms with Gasteiger partial charge in [0.15, 0.2) is 0 Å². The maximum absolute atomic E-state index is 13.6. The lowest BCUT2D eigenvalue weighted by atomic mass is 10.0. The molecule has 1 N–H and O–H groups in total. The molecule has 2 aromatic rings. The summed E-state index contributed by atoms with van der Waals surface area (Å²) >= 11 is 0. The molecule has 124 valence electrons. The summed E-state index contributed by atoms with van der Waals surface area (Å²) in [4.78, 5) is 17.3. The number of benzene rings is 2. The van der Waals surface area contributed by atoms with E-state index in [9.17, 15) is 13.6 Å². The molecule has 0 unspecified atom stereocenters. The van der Waals surface area contributed by atoms with Crippen LogP contribution in [0.5, 0.6) is 5.75 Å². The quantitative estimate of drug-likeness (QED) is 0.936. The van der Waals surface area contributed by atoms with Gasteiger partial charge in [0, 0.05) is 18.1 Å². The molecule has 5 nitrogen and oxygen atoms in total. The molecule has 7 heteroatoms. The number of methoxy groups -OCH3 is 1. The van der Waals surface area contributed by atoms with Crippen LogP contribution in [0.3, 0.4) is 0 Å². The molecular weight excluding hydrogens is 318 g/mol. The van der Waals surface area contributed by atoms with E-state index in [2.05, 4.69) is 10.5 Å². The molecule has 1 aliphatic rings. The van der Waals surface area contributed by atoms with Gasteiger partial charge in [-0.2, -0.15) is 0 Å². The first-order valence-corrected chi connectivity index (χ1v) is 7.20. The Morgan fingerprint density at radius 2 is 2.12 bits per heavy atom. The largest absolute Gasteiger partial charge is 0.497 e. The van der Waals surface area contributed by atoms with Gasteiger partial charge in [0.05, 0.1) is 18.5 Å². The standard InChI is InChI=1S/C17H14F2N2O3/c1-23-12-4-2-3-10(7-12)15-9-16(24-21-15)17(22)20-14-6-5-11(18)8-13(14)19/h2-8,16H,9H2,1H3,(H,20,22)/t16-/m1/s1. The monoisotopic (exact) mass is 332 g/mol. The Morgan fingerprint density at radius 1 is 1.29 bits per heavy atom. The van der Waals surface area contributed by atoms with Crippen LogP contribution in [-0.2, 0) is 9.63 Å². The second-order valence-electron chi connectivity index (χ2n) is 5.18. The fourth-order valence-corrected chi connectivity index (χ4v) is 2.30. The number of amides is 1. The smallest absolute Gasteiger partial charge is 0.268 e. The number of hydrogen-bond acceptors (Lipinski definition) is 4. The van der Waals surface area contributed by atoms with Crippen molar-refractivity contribution in [1.29, 1.82) is 0 Å². The van der Waals surface area contributed by atoms with Crippen LogP contribution in [-0.4, -0.2) is 24.8 Å². The molecule has 1 aliphatic heterocycles. The third-order valence-corrected chi connectivity index (χ3v) is 3.55. The number of ether oxygens (including phenoxy) is 1. The third kappa shape index (κ3) is 3.34. The Labute approximate surface area is 136 Å². The fraction of sp³-hybridized carbons (Fsp3) is 0.176. The summed E-state index contributed by atoms with van der Waals surface area (Å²) in [6.07, 6.45) is -0.641. The number of halogens is 2. The van der Waals surface area contributed by atoms with Crippen LogP contribution in [0.2, 0.25) is 0 Å². The second kappa shape index (κ2) is 6.66. The van der Waals surface area contributed by atoms with Crippen molar-refractivity contribution in [2.24, 2.45) is 5.16 Å². The summed E-state index contributed by atoms with van der Waals surface area (Å²) < 4.78 is 31.6. The van der Waals surface area contributed by atoms with Gasteiger partial charge < -0.3 is 14.9 Å². The summed E-state index contributed by atoms with van der Waals surface area (Å²) in [6, 6.07) is 10.1. The van der Waals surface area contributed by atoms with E-state index in [1.807, 2.05) is 6.07 Å². The lowest BCUT2D eigenvalue weighted by Crippen LogP contribution is -2.28. The highest BCUT2D eigenvalue weighted by molar-refractivity contribution is 6.06. The molecule has 0 fully saturated rings. The topological polar surface area (TPSA) is 59.9 Å². The Balaban J connectivity index is 1.66. The molecule has 1 heterocycles. The van der Waals surface area contributed by atoms with Gasteiger partial charge in [-0.15, -0.1) is 0 Å². The summed E-state index contributed by atoms with van der Waals surface area (Å²) in [5.74, 6) is -1.46. The van der Waals surface area contributed by atoms with Gasteiger partial charge in [0.1, 0.15) is 17.4 Å². The zero-order valence-corrected chi connectivity index (χ0v) is 12.8. The number of anilines is 1. The highest BCUT2D eigenvalue weighted by Gasteiger charge is 2.29. The van der Waals surface area contributed by atoms with Crippen molar-refractivity contribution in [2.45, 2.75) is 12.5 Å². The Kier molecular flexibility index (Phi) is 4.41. The first kappa shape index (κ1) is 15.9.